The number of unbranched alkanes of at least 4 members (excludes halogenated alkanes) is 1. The van der Waals surface area contributed by atoms with E-state index in [1.54, 1.807) is 41.3 Å². The first-order valence-corrected chi connectivity index (χ1v) is 12.5. The van der Waals surface area contributed by atoms with Crippen molar-refractivity contribution in [3.8, 4) is 5.75 Å². The maximum Gasteiger partial charge on any atom is 0.261 e. The lowest BCUT2D eigenvalue weighted by Gasteiger charge is -2.31. The molecular formula is C28H30Cl2N2O3. The molecule has 1 N–H and O–H groups in total. The molecule has 0 aliphatic carbocycles. The van der Waals surface area contributed by atoms with Gasteiger partial charge in [0.25, 0.3) is 5.91 Å². The van der Waals surface area contributed by atoms with Gasteiger partial charge in [-0.3, -0.25) is 9.59 Å². The minimum Gasteiger partial charge on any atom is -0.484 e. The normalized spacial score (nSPS) is 11.5. The summed E-state index contributed by atoms with van der Waals surface area (Å²) in [6.07, 6.45) is 2.21. The van der Waals surface area contributed by atoms with Crippen LogP contribution in [-0.2, 0) is 22.6 Å². The van der Waals surface area contributed by atoms with E-state index in [9.17, 15) is 9.59 Å². The van der Waals surface area contributed by atoms with Crippen molar-refractivity contribution in [2.75, 3.05) is 13.2 Å². The SMILES string of the molecule is CCCCNC(=O)[C@@H](Cc1ccccc1)N(Cc1cccc(Cl)c1)C(=O)COc1ccc(Cl)cc1. The van der Waals surface area contributed by atoms with E-state index in [0.29, 0.717) is 28.8 Å². The molecule has 5 nitrogen and oxygen atoms in total. The average Bonchev–Trinajstić information content (AvgIpc) is 2.86. The second kappa shape index (κ2) is 13.8. The molecule has 3 aromatic rings. The topological polar surface area (TPSA) is 58.6 Å². The van der Waals surface area contributed by atoms with E-state index in [0.717, 1.165) is 24.0 Å². The molecule has 0 radical (unpaired) electrons. The average molecular weight is 513 g/mol. The summed E-state index contributed by atoms with van der Waals surface area (Å²) >= 11 is 12.1. The summed E-state index contributed by atoms with van der Waals surface area (Å²) in [5.74, 6) is 0.0353. The molecule has 0 aromatic heterocycles. The Kier molecular flexibility index (Phi) is 10.5. The molecule has 2 amide bonds. The Bertz CT molecular complexity index is 1090. The van der Waals surface area contributed by atoms with Crippen LogP contribution in [0.4, 0.5) is 0 Å². The monoisotopic (exact) mass is 512 g/mol. The molecule has 0 spiro atoms. The van der Waals surface area contributed by atoms with Gasteiger partial charge in [-0.15, -0.1) is 0 Å². The quantitative estimate of drug-likeness (QED) is 0.306. The van der Waals surface area contributed by atoms with Crippen LogP contribution in [0.3, 0.4) is 0 Å². The molecule has 0 saturated heterocycles. The Hall–Kier alpha value is -3.02. The van der Waals surface area contributed by atoms with E-state index in [2.05, 4.69) is 12.2 Å². The Labute approximate surface area is 217 Å². The van der Waals surface area contributed by atoms with E-state index in [-0.39, 0.29) is 25.0 Å². The number of halogens is 2. The number of nitrogens with one attached hydrogen (secondary N) is 1. The maximum absolute atomic E-state index is 13.5. The number of carbonyl (C=O) groups is 2. The number of benzene rings is 3. The molecule has 0 unspecified atom stereocenters. The molecule has 0 heterocycles. The zero-order valence-corrected chi connectivity index (χ0v) is 21.3. The zero-order chi connectivity index (χ0) is 25.0. The molecule has 0 aliphatic heterocycles. The predicted octanol–water partition coefficient (Wildman–Crippen LogP) is 5.93. The fraction of sp³-hybridized carbons (Fsp3) is 0.286. The van der Waals surface area contributed by atoms with Crippen LogP contribution in [-0.4, -0.2) is 35.9 Å². The number of ether oxygens (including phenoxy) is 1. The summed E-state index contributed by atoms with van der Waals surface area (Å²) in [4.78, 5) is 28.4. The van der Waals surface area contributed by atoms with Gasteiger partial charge in [-0.1, -0.05) is 79.0 Å². The molecule has 3 aromatic carbocycles. The van der Waals surface area contributed by atoms with Gasteiger partial charge in [0, 0.05) is 29.6 Å². The number of hydrogen-bond donors (Lipinski definition) is 1. The van der Waals surface area contributed by atoms with Crippen LogP contribution in [0.1, 0.15) is 30.9 Å². The Morgan fingerprint density at radius 1 is 0.914 bits per heavy atom. The van der Waals surface area contributed by atoms with Crippen LogP contribution < -0.4 is 10.1 Å². The van der Waals surface area contributed by atoms with Gasteiger partial charge in [0.1, 0.15) is 11.8 Å². The van der Waals surface area contributed by atoms with Gasteiger partial charge in [-0.05, 0) is 53.9 Å². The number of hydrogen-bond acceptors (Lipinski definition) is 3. The summed E-state index contributed by atoms with van der Waals surface area (Å²) in [6, 6.07) is 23.1. The van der Waals surface area contributed by atoms with Crippen molar-refractivity contribution >= 4 is 35.0 Å². The van der Waals surface area contributed by atoms with E-state index < -0.39 is 6.04 Å². The van der Waals surface area contributed by atoms with E-state index in [4.69, 9.17) is 27.9 Å². The molecule has 0 aliphatic rings. The molecule has 1 atom stereocenters. The number of rotatable bonds is 12. The standard InChI is InChI=1S/C28H30Cl2N2O3/c1-2-3-16-31-28(34)26(18-21-8-5-4-6-9-21)32(19-22-10-7-11-24(30)17-22)27(33)20-35-25-14-12-23(29)13-15-25/h4-15,17,26H,2-3,16,18-20H2,1H3,(H,31,34)/t26-/m1/s1. The van der Waals surface area contributed by atoms with Crippen LogP contribution in [0.15, 0.2) is 78.9 Å². The van der Waals surface area contributed by atoms with Crippen molar-refractivity contribution in [2.45, 2.75) is 38.8 Å². The summed E-state index contributed by atoms with van der Waals surface area (Å²) in [6.45, 7) is 2.63. The van der Waals surface area contributed by atoms with E-state index in [1.165, 1.54) is 0 Å². The third-order valence-electron chi connectivity index (χ3n) is 5.52. The van der Waals surface area contributed by atoms with E-state index in [1.807, 2.05) is 42.5 Å². The highest BCUT2D eigenvalue weighted by Gasteiger charge is 2.30. The first-order chi connectivity index (χ1) is 17.0. The summed E-state index contributed by atoms with van der Waals surface area (Å²) in [5, 5.41) is 4.15. The van der Waals surface area contributed by atoms with E-state index >= 15 is 0 Å². The van der Waals surface area contributed by atoms with Gasteiger partial charge in [0.15, 0.2) is 6.61 Å². The maximum atomic E-state index is 13.5. The largest absolute Gasteiger partial charge is 0.484 e. The molecule has 0 saturated carbocycles. The first-order valence-electron chi connectivity index (χ1n) is 11.7. The number of carbonyl (C=O) groups excluding carboxylic acids is 2. The lowest BCUT2D eigenvalue weighted by Crippen LogP contribution is -2.51. The van der Waals surface area contributed by atoms with Crippen molar-refractivity contribution < 1.29 is 14.3 Å². The lowest BCUT2D eigenvalue weighted by atomic mass is 10.0. The second-order valence-corrected chi connectivity index (χ2v) is 9.12. The Balaban J connectivity index is 1.87. The van der Waals surface area contributed by atoms with Crippen LogP contribution >= 0.6 is 23.2 Å². The molecule has 0 fully saturated rings. The summed E-state index contributed by atoms with van der Waals surface area (Å²) < 4.78 is 5.74. The summed E-state index contributed by atoms with van der Waals surface area (Å²) in [7, 11) is 0. The highest BCUT2D eigenvalue weighted by Crippen LogP contribution is 2.19. The predicted molar refractivity (Wildman–Crippen MR) is 141 cm³/mol. The molecule has 0 bridgehead atoms. The van der Waals surface area contributed by atoms with Crippen LogP contribution in [0.5, 0.6) is 5.75 Å². The highest BCUT2D eigenvalue weighted by molar-refractivity contribution is 6.30. The minimum atomic E-state index is -0.713. The van der Waals surface area contributed by atoms with Crippen molar-refractivity contribution in [3.63, 3.8) is 0 Å². The van der Waals surface area contributed by atoms with Gasteiger partial charge in [-0.25, -0.2) is 0 Å². The molecule has 35 heavy (non-hydrogen) atoms. The summed E-state index contributed by atoms with van der Waals surface area (Å²) in [5.41, 5.74) is 1.79. The van der Waals surface area contributed by atoms with Gasteiger partial charge < -0.3 is 15.0 Å². The smallest absolute Gasteiger partial charge is 0.261 e. The Morgan fingerprint density at radius 2 is 1.63 bits per heavy atom. The Morgan fingerprint density at radius 3 is 2.31 bits per heavy atom. The first kappa shape index (κ1) is 26.6. The van der Waals surface area contributed by atoms with Crippen molar-refractivity contribution in [1.29, 1.82) is 0 Å². The molecule has 3 rings (SSSR count). The lowest BCUT2D eigenvalue weighted by molar-refractivity contribution is -0.142. The third kappa shape index (κ3) is 8.61. The third-order valence-corrected chi connectivity index (χ3v) is 6.01. The highest BCUT2D eigenvalue weighted by atomic mass is 35.5. The molecule has 184 valence electrons. The molecule has 7 heteroatoms. The van der Waals surface area contributed by atoms with Crippen LogP contribution in [0.25, 0.3) is 0 Å². The minimum absolute atomic E-state index is 0.191. The fourth-order valence-corrected chi connectivity index (χ4v) is 3.99. The zero-order valence-electron chi connectivity index (χ0n) is 19.8. The van der Waals surface area contributed by atoms with Gasteiger partial charge in [0.2, 0.25) is 5.91 Å². The number of amides is 2. The van der Waals surface area contributed by atoms with Gasteiger partial charge in [-0.2, -0.15) is 0 Å². The fourth-order valence-electron chi connectivity index (χ4n) is 3.65. The van der Waals surface area contributed by atoms with Crippen LogP contribution in [0, 0.1) is 0 Å². The van der Waals surface area contributed by atoms with Gasteiger partial charge in [0.05, 0.1) is 0 Å². The van der Waals surface area contributed by atoms with Crippen LogP contribution in [0.2, 0.25) is 10.0 Å². The van der Waals surface area contributed by atoms with Crippen molar-refractivity contribution in [1.82, 2.24) is 10.2 Å². The number of nitrogens with zero attached hydrogens (tertiary/aromatic N) is 1. The van der Waals surface area contributed by atoms with Crippen molar-refractivity contribution in [3.05, 3.63) is 100 Å². The molecular weight excluding hydrogens is 483 g/mol. The second-order valence-electron chi connectivity index (χ2n) is 8.24. The van der Waals surface area contributed by atoms with Gasteiger partial charge >= 0.3 is 0 Å². The van der Waals surface area contributed by atoms with Crippen molar-refractivity contribution in [2.24, 2.45) is 0 Å².